The molecular weight excluding hydrogens is 1490 g/mol. The van der Waals surface area contributed by atoms with Crippen LogP contribution in [0.25, 0.3) is 131 Å². The first-order valence-electron chi connectivity index (χ1n) is 42.3. The van der Waals surface area contributed by atoms with Crippen molar-refractivity contribution in [1.82, 2.24) is 0 Å². The molecule has 4 aromatic heterocycles. The fraction of sp³-hybridized carbons (Fsp3) is 0.123. The molecule has 0 unspecified atom stereocenters. The van der Waals surface area contributed by atoms with Gasteiger partial charge in [-0.1, -0.05) is 96.1 Å². The molecule has 0 amide bonds. The lowest BCUT2D eigenvalue weighted by atomic mass is 10.0. The van der Waals surface area contributed by atoms with Gasteiger partial charge in [0.25, 0.3) is 0 Å². The van der Waals surface area contributed by atoms with E-state index in [1.807, 2.05) is 0 Å². The molecule has 4 heterocycles. The highest BCUT2D eigenvalue weighted by atomic mass is 16.4. The van der Waals surface area contributed by atoms with Crippen molar-refractivity contribution in [2.24, 2.45) is 0 Å². The van der Waals surface area contributed by atoms with Crippen molar-refractivity contribution < 1.29 is 17.7 Å². The van der Waals surface area contributed by atoms with Crippen molar-refractivity contribution in [1.29, 1.82) is 0 Å². The monoisotopic (exact) mass is 1580 g/mol. The molecule has 122 heavy (non-hydrogen) atoms. The molecule has 22 aromatic rings. The van der Waals surface area contributed by atoms with E-state index in [-0.39, 0.29) is 0 Å². The quantitative estimate of drug-likeness (QED) is 0.120. The maximum atomic E-state index is 6.99. The van der Waals surface area contributed by atoms with E-state index in [0.717, 1.165) is 199 Å². The van der Waals surface area contributed by atoms with Gasteiger partial charge >= 0.3 is 0 Å². The van der Waals surface area contributed by atoms with Gasteiger partial charge in [0.05, 0.1) is 10.8 Å². The maximum absolute atomic E-state index is 6.99. The van der Waals surface area contributed by atoms with Crippen LogP contribution >= 0.6 is 0 Å². The highest BCUT2D eigenvalue weighted by Crippen LogP contribution is 2.50. The van der Waals surface area contributed by atoms with Crippen LogP contribution < -0.4 is 19.6 Å². The number of furan rings is 4. The molecule has 0 atom stereocenters. The molecular formula is C114H92N4O4. The first-order chi connectivity index (χ1) is 59.2. The van der Waals surface area contributed by atoms with Gasteiger partial charge in [0.15, 0.2) is 0 Å². The van der Waals surface area contributed by atoms with Crippen molar-refractivity contribution in [3.05, 3.63) is 381 Å². The zero-order valence-corrected chi connectivity index (χ0v) is 71.3. The highest BCUT2D eigenvalue weighted by Gasteiger charge is 2.26. The van der Waals surface area contributed by atoms with Crippen molar-refractivity contribution in [2.45, 2.75) is 96.9 Å². The van der Waals surface area contributed by atoms with E-state index >= 15 is 0 Å². The molecule has 0 aliphatic carbocycles. The Balaban J connectivity index is 0.000000150. The number of anilines is 12. The summed E-state index contributed by atoms with van der Waals surface area (Å²) >= 11 is 0. The smallest absolute Gasteiger partial charge is 0.147 e. The zero-order chi connectivity index (χ0) is 83.4. The van der Waals surface area contributed by atoms with Crippen LogP contribution in [0.3, 0.4) is 0 Å². The molecule has 0 spiro atoms. The Hall–Kier alpha value is -14.6. The summed E-state index contributed by atoms with van der Waals surface area (Å²) in [6.07, 6.45) is 0. The summed E-state index contributed by atoms with van der Waals surface area (Å²) in [5.74, 6) is 0. The minimum absolute atomic E-state index is 0.818. The lowest BCUT2D eigenvalue weighted by molar-refractivity contribution is 0.665. The van der Waals surface area contributed by atoms with Crippen molar-refractivity contribution >= 4 is 199 Å². The first kappa shape index (κ1) is 74.9. The van der Waals surface area contributed by atoms with E-state index in [4.69, 9.17) is 17.7 Å². The number of hydrogen-bond donors (Lipinski definition) is 0. The van der Waals surface area contributed by atoms with Crippen LogP contribution in [0, 0.1) is 96.9 Å². The van der Waals surface area contributed by atoms with Gasteiger partial charge in [-0.15, -0.1) is 0 Å². The largest absolute Gasteiger partial charge is 0.455 e. The molecule has 0 N–H and O–H groups in total. The molecule has 0 bridgehead atoms. The number of rotatable bonds is 12. The third kappa shape index (κ3) is 12.6. The number of aryl methyl sites for hydroxylation is 14. The predicted molar refractivity (Wildman–Crippen MR) is 517 cm³/mol. The SMILES string of the molecule is Cc1ccc(N(c2ccc(C)c(C)c2)c2ccc3c(ccc4c5ccc6oc7c8ccc(N(c9ccc(C)c(C)c9)c9ccc(C)c(C)c9)cc8ccc7c6c5oc34)c2)cc1C.Cc1ccc(N(c2ccc(C)c(C)c2)c2ccc3c(ccc4c5ccc6oc7c8ccc(N(c9ccc(C)cc9)c9ccc(C)c(C)c9)cc8ccc7c6c5oc34)c2)cc1. The summed E-state index contributed by atoms with van der Waals surface area (Å²) in [5.41, 5.74) is 38.1. The number of nitrogens with zero attached hydrogens (tertiary/aromatic N) is 4. The second-order valence-electron chi connectivity index (χ2n) is 34.1. The van der Waals surface area contributed by atoms with E-state index in [0.29, 0.717) is 0 Å². The summed E-state index contributed by atoms with van der Waals surface area (Å²) in [5, 5.41) is 17.2. The molecule has 0 saturated carbocycles. The molecule has 592 valence electrons. The van der Waals surface area contributed by atoms with Crippen LogP contribution in [0.1, 0.15) is 77.9 Å². The van der Waals surface area contributed by atoms with Crippen LogP contribution in [-0.4, -0.2) is 0 Å². The van der Waals surface area contributed by atoms with E-state index in [1.54, 1.807) is 0 Å². The second kappa shape index (κ2) is 29.1. The molecule has 22 rings (SSSR count). The molecule has 8 heteroatoms. The first-order valence-corrected chi connectivity index (χ1v) is 42.3. The van der Waals surface area contributed by atoms with Crippen molar-refractivity contribution in [3.8, 4) is 0 Å². The Labute approximate surface area is 709 Å². The average Bonchev–Trinajstić information content (AvgIpc) is 1.56. The third-order valence-corrected chi connectivity index (χ3v) is 26.1. The van der Waals surface area contributed by atoms with Crippen LogP contribution in [0.4, 0.5) is 68.2 Å². The fourth-order valence-corrected chi connectivity index (χ4v) is 18.2. The van der Waals surface area contributed by atoms with Gasteiger partial charge in [-0.05, 0) is 404 Å². The highest BCUT2D eigenvalue weighted by molar-refractivity contribution is 6.29. The van der Waals surface area contributed by atoms with Crippen molar-refractivity contribution in [2.75, 3.05) is 19.6 Å². The minimum Gasteiger partial charge on any atom is -0.455 e. The summed E-state index contributed by atoms with van der Waals surface area (Å²) in [6.45, 7) is 30.3. The molecule has 0 aliphatic heterocycles. The maximum Gasteiger partial charge on any atom is 0.147 e. The summed E-state index contributed by atoms with van der Waals surface area (Å²) in [6, 6.07) is 111. The Bertz CT molecular complexity index is 7990. The Morgan fingerprint density at radius 1 is 0.148 bits per heavy atom. The number of fused-ring (bicyclic) bond motifs is 22. The van der Waals surface area contributed by atoms with Gasteiger partial charge in [0.2, 0.25) is 0 Å². The molecule has 8 nitrogen and oxygen atoms in total. The van der Waals surface area contributed by atoms with Crippen LogP contribution in [0.5, 0.6) is 0 Å². The van der Waals surface area contributed by atoms with Crippen LogP contribution in [0.2, 0.25) is 0 Å². The molecule has 18 aromatic carbocycles. The van der Waals surface area contributed by atoms with Gasteiger partial charge in [-0.2, -0.15) is 0 Å². The lowest BCUT2D eigenvalue weighted by Crippen LogP contribution is -2.10. The Morgan fingerprint density at radius 3 is 0.607 bits per heavy atom. The van der Waals surface area contributed by atoms with Gasteiger partial charge in [0, 0.05) is 122 Å². The van der Waals surface area contributed by atoms with E-state index in [1.165, 1.54) is 77.9 Å². The molecule has 0 radical (unpaired) electrons. The zero-order valence-electron chi connectivity index (χ0n) is 71.3. The summed E-state index contributed by atoms with van der Waals surface area (Å²) in [7, 11) is 0. The van der Waals surface area contributed by atoms with E-state index in [9.17, 15) is 0 Å². The lowest BCUT2D eigenvalue weighted by Gasteiger charge is -2.27. The predicted octanol–water partition coefficient (Wildman–Crippen LogP) is 33.8. The number of benzene rings is 18. The van der Waals surface area contributed by atoms with Crippen LogP contribution in [-0.2, 0) is 0 Å². The Kier molecular flexibility index (Phi) is 17.9. The third-order valence-electron chi connectivity index (χ3n) is 26.1. The van der Waals surface area contributed by atoms with Gasteiger partial charge in [-0.3, -0.25) is 0 Å². The number of hydrogen-bond acceptors (Lipinski definition) is 8. The summed E-state index contributed by atoms with van der Waals surface area (Å²) < 4.78 is 27.5. The molecule has 0 fully saturated rings. The summed E-state index contributed by atoms with van der Waals surface area (Å²) in [4.78, 5) is 9.39. The molecule has 0 saturated heterocycles. The molecule has 0 aliphatic rings. The standard InChI is InChI=1S/C58H48N2O2.C56H44N2O2/c1-33-9-15-43(27-37(33)5)59(44-16-10-34(2)38(6)28-44)47-19-23-49-41(31-47)13-21-51-52-25-26-54-55(58(52)62-56(49)51)53-22-14-42-32-48(20-24-50(42)57(53)61-54)60(45-17-11-35(3)39(7)29-45)46-18-12-36(4)40(8)30-46;1-33-7-15-41(16-8-33)57(43-19-11-35(3)37(5)29-43)45-21-25-47-39(31-45)13-23-49-50-27-28-52-53(56(50)60-54(47)49)51-24-14-40-32-46(22-26-48(40)55(51)59-52)58(42-17-9-34(2)10-18-42)44-20-12-36(4)38(6)30-44/h9-32H,1-8H3;7-32H,1-6H3. The van der Waals surface area contributed by atoms with E-state index in [2.05, 4.69) is 420 Å². The average molecular weight is 1580 g/mol. The van der Waals surface area contributed by atoms with Gasteiger partial charge < -0.3 is 37.3 Å². The van der Waals surface area contributed by atoms with E-state index < -0.39 is 0 Å². The second-order valence-corrected chi connectivity index (χ2v) is 34.1. The minimum atomic E-state index is 0.818. The fourth-order valence-electron chi connectivity index (χ4n) is 18.2. The van der Waals surface area contributed by atoms with Crippen molar-refractivity contribution in [3.63, 3.8) is 0 Å². The van der Waals surface area contributed by atoms with Crippen LogP contribution in [0.15, 0.2) is 321 Å². The topological polar surface area (TPSA) is 65.5 Å². The van der Waals surface area contributed by atoms with Gasteiger partial charge in [-0.25, -0.2) is 0 Å². The Morgan fingerprint density at radius 2 is 0.344 bits per heavy atom. The normalized spacial score (nSPS) is 11.9. The van der Waals surface area contributed by atoms with Gasteiger partial charge in [0.1, 0.15) is 44.7 Å².